The molecule has 0 aromatic rings. The maximum Gasteiger partial charge on any atom is 0.281 e. The molecule has 0 aromatic heterocycles. The molecule has 90 valence electrons. The van der Waals surface area contributed by atoms with Gasteiger partial charge in [-0.05, 0) is 12.8 Å². The van der Waals surface area contributed by atoms with E-state index in [0.717, 1.165) is 12.8 Å². The topological polar surface area (TPSA) is 40.6 Å². The molecule has 0 atom stereocenters. The zero-order valence-electron chi connectivity index (χ0n) is 9.32. The highest BCUT2D eigenvalue weighted by atomic mass is 35.5. The summed E-state index contributed by atoms with van der Waals surface area (Å²) in [7, 11) is -3.24. The van der Waals surface area contributed by atoms with Crippen LogP contribution in [0.5, 0.6) is 0 Å². The summed E-state index contributed by atoms with van der Waals surface area (Å²) in [4.78, 5) is 0. The van der Waals surface area contributed by atoms with Crippen molar-refractivity contribution in [3.8, 4) is 0 Å². The minimum Gasteiger partial charge on any atom is -0.195 e. The van der Waals surface area contributed by atoms with Crippen molar-refractivity contribution in [3.63, 3.8) is 0 Å². The van der Waals surface area contributed by atoms with Gasteiger partial charge in [0, 0.05) is 31.6 Å². The van der Waals surface area contributed by atoms with Crippen molar-refractivity contribution >= 4 is 21.8 Å². The number of alkyl halides is 1. The summed E-state index contributed by atoms with van der Waals surface area (Å²) in [6.07, 6.45) is 1.50. The lowest BCUT2D eigenvalue weighted by atomic mass is 10.2. The Balaban J connectivity index is 2.69. The molecule has 1 rings (SSSR count). The average molecular weight is 255 g/mol. The molecule has 0 N–H and O–H groups in total. The second-order valence-electron chi connectivity index (χ2n) is 3.67. The molecule has 1 aliphatic rings. The summed E-state index contributed by atoms with van der Waals surface area (Å²) in [6.45, 7) is 5.87. The van der Waals surface area contributed by atoms with Crippen LogP contribution < -0.4 is 0 Å². The van der Waals surface area contributed by atoms with E-state index in [1.807, 2.05) is 13.8 Å². The predicted octanol–water partition coefficient (Wildman–Crippen LogP) is 1.28. The van der Waals surface area contributed by atoms with Gasteiger partial charge in [-0.3, -0.25) is 0 Å². The molecule has 15 heavy (non-hydrogen) atoms. The highest BCUT2D eigenvalue weighted by Crippen LogP contribution is 2.19. The third-order valence-electron chi connectivity index (χ3n) is 2.74. The second-order valence-corrected chi connectivity index (χ2v) is 6.21. The minimum absolute atomic E-state index is 0.133. The smallest absolute Gasteiger partial charge is 0.195 e. The molecule has 0 amide bonds. The molecule has 1 heterocycles. The molecular formula is C9H19ClN2O2S. The molecule has 0 radical (unpaired) electrons. The first-order chi connectivity index (χ1) is 7.02. The van der Waals surface area contributed by atoms with Crippen molar-refractivity contribution in [2.24, 2.45) is 0 Å². The van der Waals surface area contributed by atoms with E-state index in [-0.39, 0.29) is 5.38 Å². The van der Waals surface area contributed by atoms with E-state index < -0.39 is 10.2 Å². The van der Waals surface area contributed by atoms with Gasteiger partial charge in [-0.1, -0.05) is 13.8 Å². The van der Waals surface area contributed by atoms with Crippen molar-refractivity contribution in [1.82, 2.24) is 8.61 Å². The monoisotopic (exact) mass is 254 g/mol. The maximum atomic E-state index is 12.1. The van der Waals surface area contributed by atoms with Crippen LogP contribution in [0.3, 0.4) is 0 Å². The summed E-state index contributed by atoms with van der Waals surface area (Å²) >= 11 is 5.94. The largest absolute Gasteiger partial charge is 0.281 e. The molecule has 0 bridgehead atoms. The molecule has 6 heteroatoms. The molecule has 0 aromatic carbocycles. The molecular weight excluding hydrogens is 236 g/mol. The first-order valence-electron chi connectivity index (χ1n) is 5.41. The van der Waals surface area contributed by atoms with Crippen LogP contribution in [0, 0.1) is 0 Å². The molecule has 1 saturated heterocycles. The van der Waals surface area contributed by atoms with Crippen LogP contribution in [0.4, 0.5) is 0 Å². The Bertz CT molecular complexity index is 282. The van der Waals surface area contributed by atoms with E-state index in [9.17, 15) is 8.42 Å². The SMILES string of the molecule is CCN(CC)S(=O)(=O)N1CCC(Cl)CC1. The predicted molar refractivity (Wildman–Crippen MR) is 62.3 cm³/mol. The Kier molecular flexibility index (Phi) is 4.83. The number of nitrogens with zero attached hydrogens (tertiary/aromatic N) is 2. The maximum absolute atomic E-state index is 12.1. The van der Waals surface area contributed by atoms with Crippen LogP contribution in [0.2, 0.25) is 0 Å². The Morgan fingerprint density at radius 1 is 1.27 bits per heavy atom. The summed E-state index contributed by atoms with van der Waals surface area (Å²) < 4.78 is 27.2. The van der Waals surface area contributed by atoms with Gasteiger partial charge in [0.05, 0.1) is 0 Å². The van der Waals surface area contributed by atoms with Crippen molar-refractivity contribution in [2.75, 3.05) is 26.2 Å². The van der Waals surface area contributed by atoms with Gasteiger partial charge in [-0.2, -0.15) is 17.0 Å². The molecule has 0 unspecified atom stereocenters. The Hall–Kier alpha value is 0.160. The molecule has 1 fully saturated rings. The van der Waals surface area contributed by atoms with Gasteiger partial charge in [-0.25, -0.2) is 0 Å². The van der Waals surface area contributed by atoms with Gasteiger partial charge in [0.25, 0.3) is 10.2 Å². The third-order valence-corrected chi connectivity index (χ3v) is 5.36. The quantitative estimate of drug-likeness (QED) is 0.709. The van der Waals surface area contributed by atoms with Gasteiger partial charge in [0.15, 0.2) is 0 Å². The van der Waals surface area contributed by atoms with Crippen LogP contribution >= 0.6 is 11.6 Å². The fourth-order valence-corrected chi connectivity index (χ4v) is 3.61. The molecule has 1 aliphatic heterocycles. The lowest BCUT2D eigenvalue weighted by Gasteiger charge is -2.32. The second kappa shape index (κ2) is 5.48. The summed E-state index contributed by atoms with van der Waals surface area (Å²) in [6, 6.07) is 0. The fraction of sp³-hybridized carbons (Fsp3) is 1.00. The molecule has 0 aliphatic carbocycles. The zero-order valence-corrected chi connectivity index (χ0v) is 10.9. The molecule has 0 spiro atoms. The van der Waals surface area contributed by atoms with Crippen molar-refractivity contribution in [3.05, 3.63) is 0 Å². The Labute approximate surface area is 97.4 Å². The van der Waals surface area contributed by atoms with E-state index >= 15 is 0 Å². The van der Waals surface area contributed by atoms with E-state index in [2.05, 4.69) is 0 Å². The lowest BCUT2D eigenvalue weighted by molar-refractivity contribution is 0.312. The fourth-order valence-electron chi connectivity index (χ4n) is 1.77. The summed E-state index contributed by atoms with van der Waals surface area (Å²) in [5, 5.41) is 0.133. The van der Waals surface area contributed by atoms with E-state index in [0.29, 0.717) is 26.2 Å². The molecule has 0 saturated carbocycles. The van der Waals surface area contributed by atoms with E-state index in [1.165, 1.54) is 4.31 Å². The van der Waals surface area contributed by atoms with Crippen LogP contribution in [0.15, 0.2) is 0 Å². The van der Waals surface area contributed by atoms with Gasteiger partial charge < -0.3 is 0 Å². The van der Waals surface area contributed by atoms with Crippen LogP contribution in [-0.2, 0) is 10.2 Å². The normalized spacial score (nSPS) is 21.1. The number of piperidine rings is 1. The number of halogens is 1. The van der Waals surface area contributed by atoms with Gasteiger partial charge in [-0.15, -0.1) is 11.6 Å². The molecule has 4 nitrogen and oxygen atoms in total. The van der Waals surface area contributed by atoms with Crippen LogP contribution in [0.1, 0.15) is 26.7 Å². The standard InChI is InChI=1S/C9H19ClN2O2S/c1-3-11(4-2)15(13,14)12-7-5-9(10)6-8-12/h9H,3-8H2,1-2H3. The van der Waals surface area contributed by atoms with Gasteiger partial charge >= 0.3 is 0 Å². The first kappa shape index (κ1) is 13.2. The van der Waals surface area contributed by atoms with Crippen LogP contribution in [-0.4, -0.2) is 48.6 Å². The van der Waals surface area contributed by atoms with E-state index in [1.54, 1.807) is 4.31 Å². The van der Waals surface area contributed by atoms with Crippen molar-refractivity contribution < 1.29 is 8.42 Å². The van der Waals surface area contributed by atoms with Crippen molar-refractivity contribution in [1.29, 1.82) is 0 Å². The Morgan fingerprint density at radius 3 is 2.13 bits per heavy atom. The highest BCUT2D eigenvalue weighted by Gasteiger charge is 2.30. The number of hydrogen-bond donors (Lipinski definition) is 0. The third kappa shape index (κ3) is 3.06. The van der Waals surface area contributed by atoms with Gasteiger partial charge in [0.1, 0.15) is 0 Å². The van der Waals surface area contributed by atoms with Crippen molar-refractivity contribution in [2.45, 2.75) is 32.1 Å². The van der Waals surface area contributed by atoms with Crippen LogP contribution in [0.25, 0.3) is 0 Å². The number of rotatable bonds is 4. The summed E-state index contributed by atoms with van der Waals surface area (Å²) in [5.41, 5.74) is 0. The minimum atomic E-state index is -3.24. The number of hydrogen-bond acceptors (Lipinski definition) is 2. The Morgan fingerprint density at radius 2 is 1.73 bits per heavy atom. The van der Waals surface area contributed by atoms with Gasteiger partial charge in [0.2, 0.25) is 0 Å². The lowest BCUT2D eigenvalue weighted by Crippen LogP contribution is -2.47. The summed E-state index contributed by atoms with van der Waals surface area (Å²) in [5.74, 6) is 0. The zero-order chi connectivity index (χ0) is 11.5. The average Bonchev–Trinajstić information content (AvgIpc) is 2.19. The highest BCUT2D eigenvalue weighted by molar-refractivity contribution is 7.86. The van der Waals surface area contributed by atoms with E-state index in [4.69, 9.17) is 11.6 Å². The first-order valence-corrected chi connectivity index (χ1v) is 7.25.